The van der Waals surface area contributed by atoms with Gasteiger partial charge >= 0.3 is 6.09 Å². The number of likely N-dealkylation sites (tertiary alicyclic amines) is 1. The highest BCUT2D eigenvalue weighted by Gasteiger charge is 2.69. The molecule has 4 N–H and O–H groups in total. The smallest absolute Gasteiger partial charge is 0.408 e. The van der Waals surface area contributed by atoms with Crippen molar-refractivity contribution in [3.63, 3.8) is 0 Å². The van der Waals surface area contributed by atoms with E-state index in [1.807, 2.05) is 0 Å². The van der Waals surface area contributed by atoms with E-state index in [2.05, 4.69) is 24.5 Å². The summed E-state index contributed by atoms with van der Waals surface area (Å²) in [6, 6.07) is -2.58. The van der Waals surface area contributed by atoms with Crippen molar-refractivity contribution in [3.05, 3.63) is 0 Å². The Hall–Kier alpha value is -2.69. The minimum Gasteiger partial charge on any atom is -0.444 e. The third-order valence-electron chi connectivity index (χ3n) is 9.72. The highest BCUT2D eigenvalue weighted by atomic mass is 16.6. The molecule has 5 fully saturated rings. The van der Waals surface area contributed by atoms with Crippen LogP contribution in [0.4, 0.5) is 4.79 Å². The van der Waals surface area contributed by atoms with E-state index in [9.17, 15) is 24.0 Å². The molecule has 1 unspecified atom stereocenters. The number of primary amides is 1. The van der Waals surface area contributed by atoms with Gasteiger partial charge in [-0.2, -0.15) is 0 Å². The first-order valence-electron chi connectivity index (χ1n) is 14.6. The Balaban J connectivity index is 1.34. The summed E-state index contributed by atoms with van der Waals surface area (Å²) in [5.74, 6) is -2.30. The summed E-state index contributed by atoms with van der Waals surface area (Å²) in [5, 5.41) is 5.64. The molecule has 5 aliphatic rings. The van der Waals surface area contributed by atoms with Crippen LogP contribution in [0.5, 0.6) is 0 Å². The topological polar surface area (TPSA) is 157 Å². The minimum atomic E-state index is -1.07. The number of alkyl carbamates (subject to hydrolysis) is 1. The third-order valence-corrected chi connectivity index (χ3v) is 9.72. The van der Waals surface area contributed by atoms with Gasteiger partial charge in [0, 0.05) is 13.0 Å². The number of Topliss-reactive ketones (excluding diaryl/α,β-unsaturated/α-hetero) is 1. The quantitative estimate of drug-likeness (QED) is 0.348. The summed E-state index contributed by atoms with van der Waals surface area (Å²) in [5.41, 5.74) is 5.15. The summed E-state index contributed by atoms with van der Waals surface area (Å²) in [6.07, 6.45) is 6.56. The fourth-order valence-corrected chi connectivity index (χ4v) is 7.11. The molecule has 5 rings (SSSR count). The van der Waals surface area contributed by atoms with Crippen LogP contribution in [0, 0.1) is 29.1 Å². The molecule has 0 spiro atoms. The van der Waals surface area contributed by atoms with Gasteiger partial charge in [0.2, 0.25) is 17.6 Å². The van der Waals surface area contributed by atoms with Gasteiger partial charge in [0.05, 0.1) is 19.3 Å². The van der Waals surface area contributed by atoms with Gasteiger partial charge < -0.3 is 30.7 Å². The Morgan fingerprint density at radius 2 is 1.74 bits per heavy atom. The molecule has 11 heteroatoms. The number of ketones is 1. The van der Waals surface area contributed by atoms with E-state index >= 15 is 0 Å². The summed E-state index contributed by atoms with van der Waals surface area (Å²) in [7, 11) is 0. The molecule has 3 aliphatic carbocycles. The number of rotatable bonds is 10. The molecule has 6 atom stereocenters. The van der Waals surface area contributed by atoms with Crippen molar-refractivity contribution in [3.8, 4) is 0 Å². The number of fused-ring (bicyclic) bond motifs is 1. The second-order valence-corrected chi connectivity index (χ2v) is 12.8. The predicted octanol–water partition coefficient (Wildman–Crippen LogP) is 1.27. The Morgan fingerprint density at radius 1 is 1.03 bits per heavy atom. The summed E-state index contributed by atoms with van der Waals surface area (Å²) in [4.78, 5) is 66.5. The average molecular weight is 547 g/mol. The number of nitrogens with one attached hydrogen (secondary N) is 2. The van der Waals surface area contributed by atoms with Crippen molar-refractivity contribution in [2.45, 2.75) is 95.9 Å². The summed E-state index contributed by atoms with van der Waals surface area (Å²) >= 11 is 0. The Kier molecular flexibility index (Phi) is 7.90. The molecule has 216 valence electrons. The highest BCUT2D eigenvalue weighted by Crippen LogP contribution is 2.65. The van der Waals surface area contributed by atoms with Crippen LogP contribution in [-0.2, 0) is 28.7 Å². The maximum absolute atomic E-state index is 14.1. The minimum absolute atomic E-state index is 0.0497. The van der Waals surface area contributed by atoms with Gasteiger partial charge in [0.1, 0.15) is 18.2 Å². The van der Waals surface area contributed by atoms with Crippen molar-refractivity contribution >= 4 is 29.6 Å². The fourth-order valence-electron chi connectivity index (χ4n) is 7.11. The Labute approximate surface area is 229 Å². The van der Waals surface area contributed by atoms with Gasteiger partial charge in [-0.25, -0.2) is 4.79 Å². The van der Waals surface area contributed by atoms with Gasteiger partial charge in [-0.1, -0.05) is 46.0 Å². The first-order valence-corrected chi connectivity index (χ1v) is 14.6. The van der Waals surface area contributed by atoms with Crippen LogP contribution in [0.2, 0.25) is 0 Å². The van der Waals surface area contributed by atoms with Crippen LogP contribution in [0.25, 0.3) is 0 Å². The maximum atomic E-state index is 14.1. The average Bonchev–Trinajstić information content (AvgIpc) is 3.62. The van der Waals surface area contributed by atoms with E-state index in [-0.39, 0.29) is 41.1 Å². The molecule has 3 saturated carbocycles. The number of ether oxygens (including phenoxy) is 2. The first kappa shape index (κ1) is 27.9. The number of piperidine rings is 1. The predicted molar refractivity (Wildman–Crippen MR) is 139 cm³/mol. The zero-order chi connectivity index (χ0) is 27.9. The van der Waals surface area contributed by atoms with E-state index < -0.39 is 41.8 Å². The first-order chi connectivity index (χ1) is 18.6. The molecule has 0 aromatic rings. The van der Waals surface area contributed by atoms with Crippen LogP contribution < -0.4 is 16.4 Å². The SMILES string of the molecule is CC1(C)[C@@H]2[C@@H](C(=O)NC(CC3CC3)C(=O)C(N)=O)N(C(=O)[C@@H](NC(=O)O[C@@H]3CCOC3)C3CCCCC3)C[C@@H]21. The van der Waals surface area contributed by atoms with Crippen molar-refractivity contribution < 1.29 is 33.4 Å². The van der Waals surface area contributed by atoms with Gasteiger partial charge in [-0.3, -0.25) is 19.2 Å². The molecule has 2 saturated heterocycles. The lowest BCUT2D eigenvalue weighted by Crippen LogP contribution is -2.59. The van der Waals surface area contributed by atoms with Crippen LogP contribution in [-0.4, -0.2) is 78.5 Å². The van der Waals surface area contributed by atoms with Crippen molar-refractivity contribution in [1.82, 2.24) is 15.5 Å². The lowest BCUT2D eigenvalue weighted by Gasteiger charge is -2.37. The van der Waals surface area contributed by atoms with Crippen molar-refractivity contribution in [2.75, 3.05) is 19.8 Å². The number of hydrogen-bond acceptors (Lipinski definition) is 7. The molecule has 0 bridgehead atoms. The van der Waals surface area contributed by atoms with Gasteiger partial charge in [0.25, 0.3) is 5.91 Å². The lowest BCUT2D eigenvalue weighted by molar-refractivity contribution is -0.144. The van der Waals surface area contributed by atoms with E-state index in [1.165, 1.54) is 0 Å². The van der Waals surface area contributed by atoms with Gasteiger partial charge in [-0.15, -0.1) is 0 Å². The molecular formula is C28H42N4O7. The molecular weight excluding hydrogens is 504 g/mol. The number of nitrogens with zero attached hydrogens (tertiary/aromatic N) is 1. The fraction of sp³-hybridized carbons (Fsp3) is 0.821. The molecule has 2 aliphatic heterocycles. The van der Waals surface area contributed by atoms with Crippen molar-refractivity contribution in [2.24, 2.45) is 34.8 Å². The van der Waals surface area contributed by atoms with E-state index in [4.69, 9.17) is 15.2 Å². The van der Waals surface area contributed by atoms with Crippen LogP contribution in [0.3, 0.4) is 0 Å². The van der Waals surface area contributed by atoms with Crippen LogP contribution in [0.15, 0.2) is 0 Å². The van der Waals surface area contributed by atoms with Gasteiger partial charge in [-0.05, 0) is 48.3 Å². The molecule has 11 nitrogen and oxygen atoms in total. The second kappa shape index (κ2) is 11.1. The van der Waals surface area contributed by atoms with E-state index in [0.717, 1.165) is 44.9 Å². The molecule has 2 heterocycles. The Morgan fingerprint density at radius 3 is 2.36 bits per heavy atom. The van der Waals surface area contributed by atoms with Crippen LogP contribution >= 0.6 is 0 Å². The number of carbonyl (C=O) groups excluding carboxylic acids is 5. The molecule has 0 aromatic carbocycles. The molecule has 0 radical (unpaired) electrons. The summed E-state index contributed by atoms with van der Waals surface area (Å²) in [6.45, 7) is 5.44. The van der Waals surface area contributed by atoms with Crippen molar-refractivity contribution in [1.29, 1.82) is 0 Å². The Bertz CT molecular complexity index is 1000. The highest BCUT2D eigenvalue weighted by molar-refractivity contribution is 6.37. The zero-order valence-corrected chi connectivity index (χ0v) is 23.0. The normalized spacial score (nSPS) is 31.1. The second-order valence-electron chi connectivity index (χ2n) is 12.8. The van der Waals surface area contributed by atoms with E-state index in [0.29, 0.717) is 32.6 Å². The number of nitrogens with two attached hydrogens (primary N) is 1. The number of carbonyl (C=O) groups is 5. The molecule has 0 aromatic heterocycles. The number of hydrogen-bond donors (Lipinski definition) is 3. The van der Waals surface area contributed by atoms with E-state index in [1.54, 1.807) is 4.90 Å². The lowest BCUT2D eigenvalue weighted by atomic mass is 9.83. The molecule has 39 heavy (non-hydrogen) atoms. The zero-order valence-electron chi connectivity index (χ0n) is 23.0. The maximum Gasteiger partial charge on any atom is 0.408 e. The largest absolute Gasteiger partial charge is 0.444 e. The third kappa shape index (κ3) is 5.93. The monoisotopic (exact) mass is 546 g/mol. The molecule has 4 amide bonds. The number of amides is 4. The van der Waals surface area contributed by atoms with Crippen LogP contribution in [0.1, 0.15) is 71.6 Å². The standard InChI is InChI=1S/C28H42N4O7/c1-28(2)18-13-32(22(20(18)28)25(35)30-19(12-15-8-9-15)23(33)24(29)34)26(36)21(16-6-4-3-5-7-16)31-27(37)39-17-10-11-38-14-17/h15-22H,3-14H2,1-2H3,(H2,29,34)(H,30,35)(H,31,37)/t17-,18+,19?,20+,21+,22+/m1/s1. The summed E-state index contributed by atoms with van der Waals surface area (Å²) < 4.78 is 10.8. The van der Waals surface area contributed by atoms with Gasteiger partial charge in [0.15, 0.2) is 0 Å².